The van der Waals surface area contributed by atoms with E-state index in [9.17, 15) is 33.9 Å². The van der Waals surface area contributed by atoms with E-state index in [1.807, 2.05) is 80.7 Å². The van der Waals surface area contributed by atoms with E-state index >= 15 is 0 Å². The summed E-state index contributed by atoms with van der Waals surface area (Å²) in [6.45, 7) is 13.4. The lowest BCUT2D eigenvalue weighted by atomic mass is 9.85. The number of hydrogen-bond acceptors (Lipinski definition) is 13. The Hall–Kier alpha value is -6.40. The zero-order chi connectivity index (χ0) is 50.6. The Balaban J connectivity index is 0.778. The van der Waals surface area contributed by atoms with E-state index in [1.54, 1.807) is 29.0 Å². The highest BCUT2D eigenvalue weighted by Gasteiger charge is 2.44. The number of rotatable bonds is 16. The van der Waals surface area contributed by atoms with Crippen LogP contribution in [0.25, 0.3) is 21.5 Å². The number of hydrogen-bond donors (Lipinski definition) is 3. The largest absolute Gasteiger partial charge is 0.391 e. The number of nitrogens with zero attached hydrogens (tertiary/aromatic N) is 8. The Bertz CT molecular complexity index is 2830. The van der Waals surface area contributed by atoms with Crippen LogP contribution in [0.5, 0.6) is 0 Å². The number of ketones is 1. The summed E-state index contributed by atoms with van der Waals surface area (Å²) in [4.78, 5) is 105. The Morgan fingerprint density at radius 1 is 0.901 bits per heavy atom. The molecule has 3 aliphatic rings. The number of anilines is 1. The average Bonchev–Trinajstić information content (AvgIpc) is 4.13. The van der Waals surface area contributed by atoms with E-state index in [2.05, 4.69) is 25.5 Å². The van der Waals surface area contributed by atoms with Gasteiger partial charge in [0.05, 0.1) is 46.1 Å². The number of aromatic nitrogens is 5. The number of aliphatic hydroxyl groups excluding tert-OH is 1. The van der Waals surface area contributed by atoms with Gasteiger partial charge in [-0.25, -0.2) is 15.0 Å². The molecule has 2 saturated heterocycles. The third-order valence-corrected chi connectivity index (χ3v) is 15.2. The molecule has 3 fully saturated rings. The molecule has 4 amide bonds. The summed E-state index contributed by atoms with van der Waals surface area (Å²) >= 11 is 1.57. The predicted molar refractivity (Wildman–Crippen MR) is 272 cm³/mol. The number of benzene rings is 1. The van der Waals surface area contributed by atoms with Gasteiger partial charge in [-0.05, 0) is 80.7 Å². The molecule has 3 atom stereocenters. The summed E-state index contributed by atoms with van der Waals surface area (Å²) in [5.41, 5.74) is 6.87. The maximum Gasteiger partial charge on any atom is 0.263 e. The van der Waals surface area contributed by atoms with Crippen LogP contribution in [-0.4, -0.2) is 120 Å². The van der Waals surface area contributed by atoms with Gasteiger partial charge in [0.15, 0.2) is 5.78 Å². The van der Waals surface area contributed by atoms with E-state index < -0.39 is 29.5 Å². The summed E-state index contributed by atoms with van der Waals surface area (Å²) in [6, 6.07) is 10.0. The molecule has 0 bridgehead atoms. The first-order chi connectivity index (χ1) is 34.0. The molecule has 376 valence electrons. The van der Waals surface area contributed by atoms with Crippen LogP contribution in [0.4, 0.5) is 5.69 Å². The first kappa shape index (κ1) is 51.0. The second kappa shape index (κ2) is 21.9. The van der Waals surface area contributed by atoms with Crippen LogP contribution < -0.4 is 21.1 Å². The van der Waals surface area contributed by atoms with E-state index in [1.165, 1.54) is 11.8 Å². The average molecular weight is 987 g/mol. The van der Waals surface area contributed by atoms with Gasteiger partial charge in [0, 0.05) is 81.8 Å². The number of β-amino-alcohol motifs (C(OH)–C–C–N with tert-alkyl or cyclic N) is 1. The minimum absolute atomic E-state index is 0.00278. The molecule has 5 aromatic rings. The van der Waals surface area contributed by atoms with Gasteiger partial charge in [0.2, 0.25) is 23.6 Å². The summed E-state index contributed by atoms with van der Waals surface area (Å²) < 4.78 is 1.73. The second-order valence-electron chi connectivity index (χ2n) is 20.4. The van der Waals surface area contributed by atoms with Crippen LogP contribution in [0.3, 0.4) is 0 Å². The monoisotopic (exact) mass is 986 g/mol. The minimum atomic E-state index is -0.933. The van der Waals surface area contributed by atoms with Crippen LogP contribution in [0.2, 0.25) is 0 Å². The van der Waals surface area contributed by atoms with Gasteiger partial charge < -0.3 is 30.4 Å². The van der Waals surface area contributed by atoms with Crippen molar-refractivity contribution in [3.63, 3.8) is 0 Å². The molecular formula is C53H66N10O7S. The Kier molecular flexibility index (Phi) is 15.7. The number of amides is 4. The highest BCUT2D eigenvalue weighted by atomic mass is 32.1. The standard InChI is InChI=1S/C53H66N10O7S/c1-32-41-29-55-43(58-49(41)63(38-11-7-8-12-38)51(69)46(32)34(3)64)25-37-19-20-39(28-54-37)60-21-23-61(24-22-60)45(67)14-10-9-13-44(66)59-48(53(4,5)6)52(70)62-30-40(65)26-42(62)50(68)56-27-35-15-17-36(18-16-35)47-33(2)57-31-71-47/h15-20,28-29,31,38,40,42,48,65H,7-14,21-27,30H2,1-6H3,(H,56,68)(H,59,66)/t40-,42+,48-/m1/s1. The lowest BCUT2D eigenvalue weighted by molar-refractivity contribution is -0.144. The highest BCUT2D eigenvalue weighted by molar-refractivity contribution is 7.13. The summed E-state index contributed by atoms with van der Waals surface area (Å²) in [6.07, 6.45) is 8.36. The van der Waals surface area contributed by atoms with Crippen molar-refractivity contribution in [2.45, 2.75) is 137 Å². The number of fused-ring (bicyclic) bond motifs is 1. The molecule has 6 heterocycles. The number of unbranched alkanes of at least 4 members (excludes halogenated alkanes) is 1. The number of pyridine rings is 2. The van der Waals surface area contributed by atoms with Crippen molar-refractivity contribution < 1.29 is 29.1 Å². The molecule has 71 heavy (non-hydrogen) atoms. The minimum Gasteiger partial charge on any atom is -0.391 e. The number of aliphatic hydroxyl groups is 1. The maximum atomic E-state index is 14.1. The SMILES string of the molecule is CC(=O)c1c(C)c2cnc(Cc3ccc(N4CCN(C(=O)CCCCC(=O)N[C@H](C(=O)N5C[C@H](O)C[C@H]5C(=O)NCc5ccc(-c6scnc6C)cc5)C(C)(C)C)CC4)cn3)nc2n(C2CCCC2)c1=O. The Morgan fingerprint density at radius 3 is 2.27 bits per heavy atom. The smallest absolute Gasteiger partial charge is 0.263 e. The van der Waals surface area contributed by atoms with Gasteiger partial charge in [0.1, 0.15) is 23.6 Å². The van der Waals surface area contributed by atoms with Crippen LogP contribution in [0, 0.1) is 19.3 Å². The van der Waals surface area contributed by atoms with Gasteiger partial charge in [-0.15, -0.1) is 11.3 Å². The lowest BCUT2D eigenvalue weighted by Crippen LogP contribution is -2.57. The van der Waals surface area contributed by atoms with Crippen molar-refractivity contribution in [1.82, 2.24) is 44.9 Å². The fraction of sp³-hybridized carbons (Fsp3) is 0.509. The third kappa shape index (κ3) is 11.7. The summed E-state index contributed by atoms with van der Waals surface area (Å²) in [7, 11) is 0. The van der Waals surface area contributed by atoms with Crippen molar-refractivity contribution in [3.05, 3.63) is 98.6 Å². The molecule has 0 radical (unpaired) electrons. The molecule has 0 spiro atoms. The molecule has 8 rings (SSSR count). The molecule has 4 aromatic heterocycles. The predicted octanol–water partition coefficient (Wildman–Crippen LogP) is 5.85. The molecule has 2 aliphatic heterocycles. The van der Waals surface area contributed by atoms with Gasteiger partial charge in [0.25, 0.3) is 5.56 Å². The number of likely N-dealkylation sites (tertiary alicyclic amines) is 1. The first-order valence-electron chi connectivity index (χ1n) is 24.9. The lowest BCUT2D eigenvalue weighted by Gasteiger charge is -2.36. The quantitative estimate of drug-likeness (QED) is 0.0785. The van der Waals surface area contributed by atoms with E-state index in [-0.39, 0.29) is 66.6 Å². The van der Waals surface area contributed by atoms with E-state index in [0.29, 0.717) is 74.3 Å². The van der Waals surface area contributed by atoms with E-state index in [4.69, 9.17) is 9.97 Å². The number of piperazine rings is 1. The van der Waals surface area contributed by atoms with Crippen molar-refractivity contribution >= 4 is 57.5 Å². The van der Waals surface area contributed by atoms with E-state index in [0.717, 1.165) is 58.8 Å². The number of Topliss-reactive ketones (excluding diaryl/α,β-unsaturated/α-hetero) is 1. The topological polar surface area (TPSA) is 213 Å². The van der Waals surface area contributed by atoms with Crippen molar-refractivity contribution in [1.29, 1.82) is 0 Å². The molecule has 1 aromatic carbocycles. The highest BCUT2D eigenvalue weighted by Crippen LogP contribution is 2.33. The third-order valence-electron chi connectivity index (χ3n) is 14.2. The van der Waals surface area contributed by atoms with Crippen molar-refractivity contribution in [3.8, 4) is 10.4 Å². The Labute approximate surface area is 418 Å². The fourth-order valence-electron chi connectivity index (χ4n) is 10.2. The molecule has 3 N–H and O–H groups in total. The normalized spacial score (nSPS) is 18.0. The first-order valence-corrected chi connectivity index (χ1v) is 25.8. The molecule has 1 aliphatic carbocycles. The second-order valence-corrected chi connectivity index (χ2v) is 21.3. The van der Waals surface area contributed by atoms with Crippen molar-refractivity contribution in [2.75, 3.05) is 37.6 Å². The number of nitrogens with one attached hydrogen (secondary N) is 2. The van der Waals surface area contributed by atoms with Crippen LogP contribution in [-0.2, 0) is 32.1 Å². The molecule has 18 heteroatoms. The number of thiazole rings is 1. The van der Waals surface area contributed by atoms with Gasteiger partial charge >= 0.3 is 0 Å². The van der Waals surface area contributed by atoms with Crippen molar-refractivity contribution in [2.24, 2.45) is 5.41 Å². The zero-order valence-electron chi connectivity index (χ0n) is 41.7. The maximum absolute atomic E-state index is 14.1. The zero-order valence-corrected chi connectivity index (χ0v) is 42.5. The van der Waals surface area contributed by atoms with Gasteiger partial charge in [-0.1, -0.05) is 57.9 Å². The molecular weight excluding hydrogens is 921 g/mol. The molecule has 1 saturated carbocycles. The number of carbonyl (C=O) groups is 5. The molecule has 0 unspecified atom stereocenters. The van der Waals surface area contributed by atoms with Crippen LogP contribution >= 0.6 is 11.3 Å². The Morgan fingerprint density at radius 2 is 1.62 bits per heavy atom. The fourth-order valence-corrected chi connectivity index (χ4v) is 11.0. The molecule has 17 nitrogen and oxygen atoms in total. The van der Waals surface area contributed by atoms with Gasteiger partial charge in [-0.2, -0.15) is 0 Å². The number of aryl methyl sites for hydroxylation is 2. The summed E-state index contributed by atoms with van der Waals surface area (Å²) in [5, 5.41) is 17.2. The van der Waals surface area contributed by atoms with Gasteiger partial charge in [-0.3, -0.25) is 38.3 Å². The van der Waals surface area contributed by atoms with Crippen LogP contribution in [0.1, 0.15) is 130 Å². The summed E-state index contributed by atoms with van der Waals surface area (Å²) in [5.74, 6) is -0.775. The number of carbonyl (C=O) groups excluding carboxylic acids is 5. The van der Waals surface area contributed by atoms with Crippen LogP contribution in [0.15, 0.2) is 59.1 Å².